The van der Waals surface area contributed by atoms with E-state index in [0.717, 1.165) is 25.4 Å². The summed E-state index contributed by atoms with van der Waals surface area (Å²) in [5, 5.41) is 3.33. The molecule has 1 atom stereocenters. The zero-order valence-electron chi connectivity index (χ0n) is 9.90. The van der Waals surface area contributed by atoms with Crippen molar-refractivity contribution in [2.75, 3.05) is 19.7 Å². The zero-order chi connectivity index (χ0) is 11.4. The summed E-state index contributed by atoms with van der Waals surface area (Å²) in [6.07, 6.45) is 0.366. The van der Waals surface area contributed by atoms with E-state index in [1.165, 1.54) is 5.56 Å². The third-order valence-electron chi connectivity index (χ3n) is 2.53. The summed E-state index contributed by atoms with van der Waals surface area (Å²) >= 11 is 0. The van der Waals surface area contributed by atoms with Crippen molar-refractivity contribution in [2.45, 2.75) is 26.1 Å². The van der Waals surface area contributed by atoms with Gasteiger partial charge in [-0.1, -0.05) is 12.1 Å². The van der Waals surface area contributed by atoms with Crippen molar-refractivity contribution in [3.63, 3.8) is 0 Å². The summed E-state index contributed by atoms with van der Waals surface area (Å²) in [5.41, 5.74) is 1.19. The van der Waals surface area contributed by atoms with Crippen LogP contribution in [0.5, 0.6) is 5.75 Å². The molecule has 88 valence electrons. The van der Waals surface area contributed by atoms with Crippen LogP contribution in [0.15, 0.2) is 24.3 Å². The quantitative estimate of drug-likeness (QED) is 0.848. The first-order chi connectivity index (χ1) is 7.75. The first-order valence-electron chi connectivity index (χ1n) is 5.84. The maximum absolute atomic E-state index is 5.71. The topological polar surface area (TPSA) is 30.5 Å². The van der Waals surface area contributed by atoms with E-state index in [1.54, 1.807) is 0 Å². The van der Waals surface area contributed by atoms with E-state index in [2.05, 4.69) is 17.4 Å². The Morgan fingerprint density at radius 3 is 3.00 bits per heavy atom. The highest BCUT2D eigenvalue weighted by Gasteiger charge is 2.15. The average Bonchev–Trinajstić information content (AvgIpc) is 2.30. The van der Waals surface area contributed by atoms with Crippen LogP contribution in [0.2, 0.25) is 0 Å². The molecule has 0 radical (unpaired) electrons. The van der Waals surface area contributed by atoms with Gasteiger partial charge in [0, 0.05) is 13.1 Å². The fourth-order valence-corrected chi connectivity index (χ4v) is 1.84. The largest absolute Gasteiger partial charge is 0.491 e. The Bertz CT molecular complexity index is 332. The molecule has 0 bridgehead atoms. The first kappa shape index (κ1) is 11.4. The van der Waals surface area contributed by atoms with Crippen LogP contribution in [-0.2, 0) is 4.74 Å². The van der Waals surface area contributed by atoms with Crippen LogP contribution in [0.1, 0.15) is 25.5 Å². The van der Waals surface area contributed by atoms with Gasteiger partial charge in [-0.25, -0.2) is 0 Å². The van der Waals surface area contributed by atoms with Crippen LogP contribution < -0.4 is 10.1 Å². The standard InChI is InChI=1S/C13H19NO2/c1-10(2)16-12-5-3-4-11(8-12)13-9-14-6-7-15-13/h3-5,8,10,13-14H,6-7,9H2,1-2H3. The first-order valence-corrected chi connectivity index (χ1v) is 5.84. The van der Waals surface area contributed by atoms with Crippen LogP contribution in [0.3, 0.4) is 0 Å². The molecule has 16 heavy (non-hydrogen) atoms. The Hall–Kier alpha value is -1.06. The summed E-state index contributed by atoms with van der Waals surface area (Å²) in [6.45, 7) is 6.67. The maximum Gasteiger partial charge on any atom is 0.120 e. The number of morpholine rings is 1. The average molecular weight is 221 g/mol. The molecule has 3 heteroatoms. The number of benzene rings is 1. The van der Waals surface area contributed by atoms with E-state index >= 15 is 0 Å². The highest BCUT2D eigenvalue weighted by atomic mass is 16.5. The lowest BCUT2D eigenvalue weighted by atomic mass is 10.1. The minimum Gasteiger partial charge on any atom is -0.491 e. The van der Waals surface area contributed by atoms with Crippen molar-refractivity contribution in [3.05, 3.63) is 29.8 Å². The van der Waals surface area contributed by atoms with Crippen molar-refractivity contribution < 1.29 is 9.47 Å². The molecule has 0 aliphatic carbocycles. The third-order valence-corrected chi connectivity index (χ3v) is 2.53. The molecule has 1 heterocycles. The Balaban J connectivity index is 2.08. The number of hydrogen-bond donors (Lipinski definition) is 1. The lowest BCUT2D eigenvalue weighted by molar-refractivity contribution is 0.0275. The second kappa shape index (κ2) is 5.32. The molecule has 0 spiro atoms. The van der Waals surface area contributed by atoms with Gasteiger partial charge >= 0.3 is 0 Å². The van der Waals surface area contributed by atoms with Gasteiger partial charge in [-0.15, -0.1) is 0 Å². The molecule has 2 rings (SSSR count). The molecule has 1 aromatic carbocycles. The van der Waals surface area contributed by atoms with Crippen molar-refractivity contribution in [3.8, 4) is 5.75 Å². The smallest absolute Gasteiger partial charge is 0.120 e. The second-order valence-electron chi connectivity index (χ2n) is 4.30. The van der Waals surface area contributed by atoms with E-state index in [1.807, 2.05) is 26.0 Å². The molecular formula is C13H19NO2. The number of ether oxygens (including phenoxy) is 2. The van der Waals surface area contributed by atoms with E-state index in [0.29, 0.717) is 0 Å². The second-order valence-corrected chi connectivity index (χ2v) is 4.30. The van der Waals surface area contributed by atoms with Crippen molar-refractivity contribution in [2.24, 2.45) is 0 Å². The molecule has 1 fully saturated rings. The lowest BCUT2D eigenvalue weighted by Gasteiger charge is -2.24. The maximum atomic E-state index is 5.71. The predicted molar refractivity (Wildman–Crippen MR) is 63.8 cm³/mol. The summed E-state index contributed by atoms with van der Waals surface area (Å²) in [4.78, 5) is 0. The molecule has 1 aliphatic rings. The monoisotopic (exact) mass is 221 g/mol. The summed E-state index contributed by atoms with van der Waals surface area (Å²) in [7, 11) is 0. The van der Waals surface area contributed by atoms with E-state index in [4.69, 9.17) is 9.47 Å². The van der Waals surface area contributed by atoms with Gasteiger partial charge in [0.15, 0.2) is 0 Å². The van der Waals surface area contributed by atoms with Crippen molar-refractivity contribution in [1.29, 1.82) is 0 Å². The Morgan fingerprint density at radius 1 is 1.44 bits per heavy atom. The van der Waals surface area contributed by atoms with Crippen molar-refractivity contribution >= 4 is 0 Å². The molecule has 1 aromatic rings. The molecule has 1 N–H and O–H groups in total. The fraction of sp³-hybridized carbons (Fsp3) is 0.538. The summed E-state index contributed by atoms with van der Waals surface area (Å²) < 4.78 is 11.4. The third kappa shape index (κ3) is 2.97. The lowest BCUT2D eigenvalue weighted by Crippen LogP contribution is -2.33. The highest BCUT2D eigenvalue weighted by Crippen LogP contribution is 2.23. The molecule has 0 aromatic heterocycles. The minimum absolute atomic E-state index is 0.157. The zero-order valence-corrected chi connectivity index (χ0v) is 9.90. The fourth-order valence-electron chi connectivity index (χ4n) is 1.84. The van der Waals surface area contributed by atoms with Gasteiger partial charge in [-0.2, -0.15) is 0 Å². The van der Waals surface area contributed by atoms with Gasteiger partial charge in [0.05, 0.1) is 18.8 Å². The van der Waals surface area contributed by atoms with Crippen LogP contribution in [0.4, 0.5) is 0 Å². The molecule has 0 saturated carbocycles. The minimum atomic E-state index is 0.157. The van der Waals surface area contributed by atoms with Crippen LogP contribution in [0, 0.1) is 0 Å². The number of rotatable bonds is 3. The van der Waals surface area contributed by atoms with Gasteiger partial charge in [0.25, 0.3) is 0 Å². The molecule has 1 unspecified atom stereocenters. The van der Waals surface area contributed by atoms with Crippen molar-refractivity contribution in [1.82, 2.24) is 5.32 Å². The molecular weight excluding hydrogens is 202 g/mol. The Kier molecular flexibility index (Phi) is 3.80. The van der Waals surface area contributed by atoms with E-state index in [-0.39, 0.29) is 12.2 Å². The van der Waals surface area contributed by atoms with Gasteiger partial charge in [0.1, 0.15) is 5.75 Å². The van der Waals surface area contributed by atoms with Gasteiger partial charge in [-0.3, -0.25) is 0 Å². The summed E-state index contributed by atoms with van der Waals surface area (Å²) in [6, 6.07) is 8.16. The number of hydrogen-bond acceptors (Lipinski definition) is 3. The number of nitrogens with one attached hydrogen (secondary N) is 1. The normalized spacial score (nSPS) is 21.1. The van der Waals surface area contributed by atoms with Gasteiger partial charge in [0.2, 0.25) is 0 Å². The van der Waals surface area contributed by atoms with Crippen LogP contribution >= 0.6 is 0 Å². The van der Waals surface area contributed by atoms with Crippen LogP contribution in [-0.4, -0.2) is 25.8 Å². The van der Waals surface area contributed by atoms with E-state index < -0.39 is 0 Å². The Morgan fingerprint density at radius 2 is 2.31 bits per heavy atom. The summed E-state index contributed by atoms with van der Waals surface area (Å²) in [5.74, 6) is 0.918. The molecule has 3 nitrogen and oxygen atoms in total. The van der Waals surface area contributed by atoms with Crippen LogP contribution in [0.25, 0.3) is 0 Å². The SMILES string of the molecule is CC(C)Oc1cccc(C2CNCCO2)c1. The van der Waals surface area contributed by atoms with Gasteiger partial charge in [-0.05, 0) is 31.5 Å². The predicted octanol–water partition coefficient (Wildman–Crippen LogP) is 2.13. The molecule has 0 amide bonds. The Labute approximate surface area is 96.8 Å². The molecule has 1 saturated heterocycles. The molecule has 1 aliphatic heterocycles. The van der Waals surface area contributed by atoms with Gasteiger partial charge < -0.3 is 14.8 Å². The highest BCUT2D eigenvalue weighted by molar-refractivity contribution is 5.30. The van der Waals surface area contributed by atoms with E-state index in [9.17, 15) is 0 Å².